The molecule has 1 aromatic carbocycles. The zero-order valence-electron chi connectivity index (χ0n) is 9.02. The third-order valence-corrected chi connectivity index (χ3v) is 4.52. The molecule has 0 spiro atoms. The molecule has 1 aliphatic heterocycles. The second-order valence-electron chi connectivity index (χ2n) is 3.98. The highest BCUT2D eigenvalue weighted by molar-refractivity contribution is 7.93. The summed E-state index contributed by atoms with van der Waals surface area (Å²) in [4.78, 5) is 0. The zero-order valence-corrected chi connectivity index (χ0v) is 9.83. The van der Waals surface area contributed by atoms with Crippen molar-refractivity contribution in [3.05, 3.63) is 30.3 Å². The fourth-order valence-corrected chi connectivity index (χ4v) is 3.28. The Labute approximate surface area is 96.1 Å². The number of nitrogens with one attached hydrogen (secondary N) is 2. The van der Waals surface area contributed by atoms with Crippen molar-refractivity contribution >= 4 is 15.7 Å². The molecular weight excluding hydrogens is 224 g/mol. The van der Waals surface area contributed by atoms with Gasteiger partial charge in [0.15, 0.2) is 0 Å². The van der Waals surface area contributed by atoms with Gasteiger partial charge in [0.1, 0.15) is 0 Å². The lowest BCUT2D eigenvalue weighted by Crippen LogP contribution is -2.41. The van der Waals surface area contributed by atoms with Crippen molar-refractivity contribution in [1.82, 2.24) is 5.32 Å². The van der Waals surface area contributed by atoms with Crippen LogP contribution in [0.15, 0.2) is 30.3 Å². The van der Waals surface area contributed by atoms with E-state index in [1.165, 1.54) is 0 Å². The highest BCUT2D eigenvalue weighted by Gasteiger charge is 2.26. The predicted octanol–water partition coefficient (Wildman–Crippen LogP) is 1.18. The second kappa shape index (κ2) is 4.84. The van der Waals surface area contributed by atoms with Crippen LogP contribution in [0.1, 0.15) is 12.8 Å². The van der Waals surface area contributed by atoms with Gasteiger partial charge in [-0.2, -0.15) is 0 Å². The van der Waals surface area contributed by atoms with E-state index in [4.69, 9.17) is 0 Å². The Balaban J connectivity index is 2.08. The normalized spacial score (nSPS) is 21.6. The lowest BCUT2D eigenvalue weighted by Gasteiger charge is -2.23. The van der Waals surface area contributed by atoms with Crippen LogP contribution in [0.4, 0.5) is 5.69 Å². The minimum Gasteiger partial charge on any atom is -0.315 e. The van der Waals surface area contributed by atoms with Gasteiger partial charge in [0.05, 0.1) is 5.25 Å². The molecule has 2 rings (SSSR count). The van der Waals surface area contributed by atoms with Crippen LogP contribution in [0.5, 0.6) is 0 Å². The van der Waals surface area contributed by atoms with Crippen molar-refractivity contribution in [2.24, 2.45) is 0 Å². The summed E-state index contributed by atoms with van der Waals surface area (Å²) in [7, 11) is -3.25. The average Bonchev–Trinajstić information content (AvgIpc) is 2.31. The first kappa shape index (κ1) is 11.4. The molecule has 0 unspecified atom stereocenters. The van der Waals surface area contributed by atoms with Crippen molar-refractivity contribution in [2.75, 3.05) is 17.8 Å². The number of hydrogen-bond acceptors (Lipinski definition) is 3. The van der Waals surface area contributed by atoms with Gasteiger partial charge in [-0.1, -0.05) is 18.2 Å². The summed E-state index contributed by atoms with van der Waals surface area (Å²) >= 11 is 0. The van der Waals surface area contributed by atoms with E-state index in [1.807, 2.05) is 18.2 Å². The van der Waals surface area contributed by atoms with Crippen LogP contribution in [0, 0.1) is 0 Å². The summed E-state index contributed by atoms with van der Waals surface area (Å²) < 4.78 is 26.6. The molecule has 4 nitrogen and oxygen atoms in total. The number of hydrogen-bond donors (Lipinski definition) is 2. The van der Waals surface area contributed by atoms with E-state index in [-0.39, 0.29) is 5.25 Å². The fourth-order valence-electron chi connectivity index (χ4n) is 1.84. The van der Waals surface area contributed by atoms with Crippen LogP contribution in [-0.4, -0.2) is 26.8 Å². The molecular formula is C11H16N2O2S. The van der Waals surface area contributed by atoms with Gasteiger partial charge in [-0.05, 0) is 31.5 Å². The second-order valence-corrected chi connectivity index (χ2v) is 5.94. The van der Waals surface area contributed by atoms with Gasteiger partial charge < -0.3 is 5.32 Å². The predicted molar refractivity (Wildman–Crippen MR) is 64.9 cm³/mol. The van der Waals surface area contributed by atoms with Crippen LogP contribution < -0.4 is 10.0 Å². The van der Waals surface area contributed by atoms with Crippen molar-refractivity contribution in [2.45, 2.75) is 18.1 Å². The first-order chi connectivity index (χ1) is 7.68. The zero-order chi connectivity index (χ0) is 11.4. The number of anilines is 1. The van der Waals surface area contributed by atoms with Gasteiger partial charge in [-0.15, -0.1) is 0 Å². The Kier molecular flexibility index (Phi) is 3.46. The molecule has 1 fully saturated rings. The molecule has 0 radical (unpaired) electrons. The van der Waals surface area contributed by atoms with Gasteiger partial charge in [0, 0.05) is 12.2 Å². The maximum absolute atomic E-state index is 12.0. The third kappa shape index (κ3) is 2.74. The summed E-state index contributed by atoms with van der Waals surface area (Å²) in [6, 6.07) is 9.01. The molecule has 0 amide bonds. The molecule has 1 atom stereocenters. The van der Waals surface area contributed by atoms with Crippen LogP contribution >= 0.6 is 0 Å². The topological polar surface area (TPSA) is 58.2 Å². The van der Waals surface area contributed by atoms with Gasteiger partial charge in [0.25, 0.3) is 0 Å². The monoisotopic (exact) mass is 240 g/mol. The van der Waals surface area contributed by atoms with E-state index >= 15 is 0 Å². The smallest absolute Gasteiger partial charge is 0.236 e. The quantitative estimate of drug-likeness (QED) is 0.834. The SMILES string of the molecule is O=S(=O)(Nc1ccccc1)[C@@H]1CCCNC1. The standard InChI is InChI=1S/C11H16N2O2S/c14-16(15,11-7-4-8-12-9-11)13-10-5-2-1-3-6-10/h1-3,5-6,11-13H,4,7-9H2/t11-/m1/s1. The van der Waals surface area contributed by atoms with Crippen LogP contribution in [0.3, 0.4) is 0 Å². The number of piperidine rings is 1. The Bertz CT molecular complexity index is 425. The Hall–Kier alpha value is -1.07. The van der Waals surface area contributed by atoms with Gasteiger partial charge in [-0.25, -0.2) is 8.42 Å². The number of para-hydroxylation sites is 1. The van der Waals surface area contributed by atoms with Crippen LogP contribution in [0.25, 0.3) is 0 Å². The number of sulfonamides is 1. The van der Waals surface area contributed by atoms with E-state index in [2.05, 4.69) is 10.0 Å². The Morgan fingerprint density at radius 2 is 2.00 bits per heavy atom. The number of rotatable bonds is 3. The molecule has 1 heterocycles. The third-order valence-electron chi connectivity index (χ3n) is 2.72. The first-order valence-corrected chi connectivity index (χ1v) is 7.00. The van der Waals surface area contributed by atoms with Gasteiger partial charge in [0.2, 0.25) is 10.0 Å². The first-order valence-electron chi connectivity index (χ1n) is 5.46. The van der Waals surface area contributed by atoms with Crippen molar-refractivity contribution < 1.29 is 8.42 Å². The van der Waals surface area contributed by atoms with E-state index < -0.39 is 10.0 Å². The highest BCUT2D eigenvalue weighted by Crippen LogP contribution is 2.15. The van der Waals surface area contributed by atoms with Crippen molar-refractivity contribution in [1.29, 1.82) is 0 Å². The van der Waals surface area contributed by atoms with Crippen LogP contribution in [0.2, 0.25) is 0 Å². The van der Waals surface area contributed by atoms with E-state index in [0.29, 0.717) is 12.2 Å². The van der Waals surface area contributed by atoms with E-state index in [0.717, 1.165) is 19.4 Å². The van der Waals surface area contributed by atoms with E-state index in [9.17, 15) is 8.42 Å². The summed E-state index contributed by atoms with van der Waals surface area (Å²) in [5, 5.41) is 2.79. The van der Waals surface area contributed by atoms with E-state index in [1.54, 1.807) is 12.1 Å². The molecule has 0 aliphatic carbocycles. The largest absolute Gasteiger partial charge is 0.315 e. The maximum Gasteiger partial charge on any atom is 0.236 e. The average molecular weight is 240 g/mol. The lowest BCUT2D eigenvalue weighted by molar-refractivity contribution is 0.499. The molecule has 16 heavy (non-hydrogen) atoms. The molecule has 88 valence electrons. The summed E-state index contributed by atoms with van der Waals surface area (Å²) in [5.41, 5.74) is 0.632. The molecule has 0 bridgehead atoms. The highest BCUT2D eigenvalue weighted by atomic mass is 32.2. The fraction of sp³-hybridized carbons (Fsp3) is 0.455. The maximum atomic E-state index is 12.0. The van der Waals surface area contributed by atoms with Crippen molar-refractivity contribution in [3.8, 4) is 0 Å². The summed E-state index contributed by atoms with van der Waals surface area (Å²) in [5.74, 6) is 0. The molecule has 0 aromatic heterocycles. The van der Waals surface area contributed by atoms with Crippen LogP contribution in [-0.2, 0) is 10.0 Å². The molecule has 1 aliphatic rings. The minimum absolute atomic E-state index is 0.318. The molecule has 0 saturated carbocycles. The number of benzene rings is 1. The van der Waals surface area contributed by atoms with Crippen molar-refractivity contribution in [3.63, 3.8) is 0 Å². The summed E-state index contributed by atoms with van der Waals surface area (Å²) in [6.07, 6.45) is 1.65. The molecule has 1 aromatic rings. The molecule has 5 heteroatoms. The minimum atomic E-state index is -3.25. The molecule has 2 N–H and O–H groups in total. The van der Waals surface area contributed by atoms with Gasteiger partial charge in [-0.3, -0.25) is 4.72 Å². The lowest BCUT2D eigenvalue weighted by atomic mass is 10.2. The Morgan fingerprint density at radius 1 is 1.25 bits per heavy atom. The Morgan fingerprint density at radius 3 is 2.62 bits per heavy atom. The van der Waals surface area contributed by atoms with Gasteiger partial charge >= 0.3 is 0 Å². The molecule has 1 saturated heterocycles. The summed E-state index contributed by atoms with van der Waals surface area (Å²) in [6.45, 7) is 1.46.